The molecule has 0 aliphatic carbocycles. The van der Waals surface area contributed by atoms with Crippen LogP contribution >= 0.6 is 0 Å². The zero-order chi connectivity index (χ0) is 27.6. The first kappa shape index (κ1) is 30.5. The van der Waals surface area contributed by atoms with Crippen LogP contribution in [0.15, 0.2) is 0 Å². The Balaban J connectivity index is 1.81. The van der Waals surface area contributed by atoms with Gasteiger partial charge in [-0.1, -0.05) is 0 Å². The monoisotopic (exact) mass is 543 g/mol. The number of carbonyl (C=O) groups is 1. The van der Waals surface area contributed by atoms with Gasteiger partial charge < -0.3 is 75.0 Å². The minimum absolute atomic E-state index is 0.563. The maximum absolute atomic E-state index is 11.9. The van der Waals surface area contributed by atoms with Crippen LogP contribution in [0.2, 0.25) is 0 Å². The van der Waals surface area contributed by atoms with Crippen molar-refractivity contribution in [3.05, 3.63) is 0 Å². The zero-order valence-electron chi connectivity index (χ0n) is 20.3. The predicted molar refractivity (Wildman–Crippen MR) is 116 cm³/mol. The van der Waals surface area contributed by atoms with E-state index in [-0.39, 0.29) is 0 Å². The SMILES string of the molecule is CC(=O)NC1C(OC2C(C)OC(CO)C(O)C2O)OC(CO)C(OC2OC(CO)C(O)C(O)C2O)C1O. The van der Waals surface area contributed by atoms with Gasteiger partial charge in [0.1, 0.15) is 73.2 Å². The summed E-state index contributed by atoms with van der Waals surface area (Å²) in [5.41, 5.74) is 0. The molecule has 3 heterocycles. The summed E-state index contributed by atoms with van der Waals surface area (Å²) in [6, 6.07) is -1.37. The summed E-state index contributed by atoms with van der Waals surface area (Å²) in [5, 5.41) is 93.3. The van der Waals surface area contributed by atoms with E-state index in [9.17, 15) is 50.8 Å². The molecule has 0 radical (unpaired) electrons. The molecule has 16 nitrogen and oxygen atoms in total. The van der Waals surface area contributed by atoms with E-state index in [1.165, 1.54) is 6.92 Å². The molecule has 15 unspecified atom stereocenters. The Morgan fingerprint density at radius 3 is 1.76 bits per heavy atom. The molecular formula is C21H37NO15. The van der Waals surface area contributed by atoms with Crippen molar-refractivity contribution in [2.45, 2.75) is 106 Å². The van der Waals surface area contributed by atoms with Crippen LogP contribution in [0.25, 0.3) is 0 Å². The number of amides is 1. The minimum atomic E-state index is -1.81. The van der Waals surface area contributed by atoms with E-state index in [1.807, 2.05) is 0 Å². The lowest BCUT2D eigenvalue weighted by molar-refractivity contribution is -0.359. The van der Waals surface area contributed by atoms with E-state index >= 15 is 0 Å². The molecule has 10 N–H and O–H groups in total. The molecule has 0 saturated carbocycles. The van der Waals surface area contributed by atoms with Gasteiger partial charge >= 0.3 is 0 Å². The molecular weight excluding hydrogens is 506 g/mol. The topological polar surface area (TPSA) is 257 Å². The van der Waals surface area contributed by atoms with Gasteiger partial charge in [0.2, 0.25) is 5.91 Å². The van der Waals surface area contributed by atoms with Crippen LogP contribution in [0.1, 0.15) is 13.8 Å². The predicted octanol–water partition coefficient (Wildman–Crippen LogP) is -6.36. The van der Waals surface area contributed by atoms with Gasteiger partial charge in [-0.2, -0.15) is 0 Å². The van der Waals surface area contributed by atoms with E-state index in [0.717, 1.165) is 6.92 Å². The second-order valence-corrected chi connectivity index (χ2v) is 9.38. The third-order valence-corrected chi connectivity index (χ3v) is 6.75. The van der Waals surface area contributed by atoms with Crippen molar-refractivity contribution in [3.8, 4) is 0 Å². The highest BCUT2D eigenvalue weighted by atomic mass is 16.7. The number of nitrogens with one attached hydrogen (secondary N) is 1. The first-order chi connectivity index (χ1) is 17.4. The van der Waals surface area contributed by atoms with Crippen LogP contribution in [0, 0.1) is 0 Å². The summed E-state index contributed by atoms with van der Waals surface area (Å²) in [6.45, 7) is 0.595. The van der Waals surface area contributed by atoms with Gasteiger partial charge in [-0.25, -0.2) is 0 Å². The number of hydrogen-bond donors (Lipinski definition) is 10. The summed E-state index contributed by atoms with van der Waals surface area (Å²) >= 11 is 0. The molecule has 0 spiro atoms. The third kappa shape index (κ3) is 6.39. The fourth-order valence-electron chi connectivity index (χ4n) is 4.70. The Bertz CT molecular complexity index is 745. The molecule has 1 amide bonds. The average Bonchev–Trinajstić information content (AvgIpc) is 2.86. The highest BCUT2D eigenvalue weighted by Crippen LogP contribution is 2.32. The number of aliphatic hydroxyl groups is 9. The molecule has 3 fully saturated rings. The van der Waals surface area contributed by atoms with E-state index in [4.69, 9.17) is 23.7 Å². The lowest BCUT2D eigenvalue weighted by Gasteiger charge is -2.49. The fourth-order valence-corrected chi connectivity index (χ4v) is 4.70. The van der Waals surface area contributed by atoms with Crippen molar-refractivity contribution in [3.63, 3.8) is 0 Å². The molecule has 0 aromatic rings. The van der Waals surface area contributed by atoms with Crippen LogP contribution in [-0.4, -0.2) is 164 Å². The molecule has 216 valence electrons. The molecule has 3 saturated heterocycles. The minimum Gasteiger partial charge on any atom is -0.394 e. The summed E-state index contributed by atoms with van der Waals surface area (Å²) in [6.07, 6.45) is -20.5. The summed E-state index contributed by atoms with van der Waals surface area (Å²) < 4.78 is 27.9. The van der Waals surface area contributed by atoms with Crippen molar-refractivity contribution < 1.29 is 74.4 Å². The molecule has 0 bridgehead atoms. The maximum Gasteiger partial charge on any atom is 0.217 e. The lowest BCUT2D eigenvalue weighted by atomic mass is 9.93. The van der Waals surface area contributed by atoms with Crippen LogP contribution in [-0.2, 0) is 28.5 Å². The summed E-state index contributed by atoms with van der Waals surface area (Å²) in [5.74, 6) is -0.621. The van der Waals surface area contributed by atoms with Crippen LogP contribution in [0.3, 0.4) is 0 Å². The smallest absolute Gasteiger partial charge is 0.217 e. The van der Waals surface area contributed by atoms with E-state index < -0.39 is 118 Å². The Labute approximate surface area is 211 Å². The number of carbonyl (C=O) groups excluding carboxylic acids is 1. The molecule has 0 aromatic heterocycles. The Morgan fingerprint density at radius 2 is 1.19 bits per heavy atom. The van der Waals surface area contributed by atoms with Gasteiger partial charge in [0.25, 0.3) is 0 Å². The van der Waals surface area contributed by atoms with Gasteiger partial charge in [-0.15, -0.1) is 0 Å². The van der Waals surface area contributed by atoms with E-state index in [0.29, 0.717) is 0 Å². The van der Waals surface area contributed by atoms with Gasteiger partial charge in [0.05, 0.1) is 25.9 Å². The molecule has 0 aromatic carbocycles. The van der Waals surface area contributed by atoms with Gasteiger partial charge in [0, 0.05) is 6.92 Å². The molecule has 15 atom stereocenters. The lowest BCUT2D eigenvalue weighted by Crippen LogP contribution is -2.69. The third-order valence-electron chi connectivity index (χ3n) is 6.75. The highest BCUT2D eigenvalue weighted by molar-refractivity contribution is 5.73. The highest BCUT2D eigenvalue weighted by Gasteiger charge is 2.53. The second kappa shape index (κ2) is 12.8. The van der Waals surface area contributed by atoms with Crippen molar-refractivity contribution in [2.75, 3.05) is 19.8 Å². The molecule has 37 heavy (non-hydrogen) atoms. The molecule has 16 heteroatoms. The Kier molecular flexibility index (Phi) is 10.6. The van der Waals surface area contributed by atoms with E-state index in [2.05, 4.69) is 5.32 Å². The van der Waals surface area contributed by atoms with Crippen LogP contribution in [0.4, 0.5) is 0 Å². The second-order valence-electron chi connectivity index (χ2n) is 9.38. The fraction of sp³-hybridized carbons (Fsp3) is 0.952. The van der Waals surface area contributed by atoms with E-state index in [1.54, 1.807) is 0 Å². The van der Waals surface area contributed by atoms with Crippen molar-refractivity contribution in [1.29, 1.82) is 0 Å². The van der Waals surface area contributed by atoms with Crippen LogP contribution < -0.4 is 5.32 Å². The standard InChI is InChI=1S/C21H37NO15/c1-6-18(16(31)13(28)8(3-23)33-6)36-20-11(22-7(2)26)14(29)19(10(5-25)35-20)37-21-17(32)15(30)12(27)9(4-24)34-21/h6,8-21,23-25,27-32H,3-5H2,1-2H3,(H,22,26). The number of hydrogen-bond acceptors (Lipinski definition) is 15. The van der Waals surface area contributed by atoms with Crippen molar-refractivity contribution in [1.82, 2.24) is 5.32 Å². The Morgan fingerprint density at radius 1 is 0.676 bits per heavy atom. The van der Waals surface area contributed by atoms with Crippen LogP contribution in [0.5, 0.6) is 0 Å². The zero-order valence-corrected chi connectivity index (χ0v) is 20.3. The van der Waals surface area contributed by atoms with Gasteiger partial charge in [-0.3, -0.25) is 4.79 Å². The van der Waals surface area contributed by atoms with Gasteiger partial charge in [0.15, 0.2) is 12.6 Å². The number of aliphatic hydroxyl groups excluding tert-OH is 9. The first-order valence-corrected chi connectivity index (χ1v) is 11.9. The molecule has 3 aliphatic rings. The summed E-state index contributed by atoms with van der Waals surface area (Å²) in [4.78, 5) is 11.9. The molecule has 3 rings (SSSR count). The maximum atomic E-state index is 11.9. The first-order valence-electron chi connectivity index (χ1n) is 11.9. The number of rotatable bonds is 8. The normalized spacial score (nSPS) is 49.0. The largest absolute Gasteiger partial charge is 0.394 e. The molecule has 3 aliphatic heterocycles. The summed E-state index contributed by atoms with van der Waals surface area (Å²) in [7, 11) is 0. The van der Waals surface area contributed by atoms with Gasteiger partial charge in [-0.05, 0) is 6.92 Å². The average molecular weight is 544 g/mol. The Hall–Kier alpha value is -1.09. The van der Waals surface area contributed by atoms with Crippen molar-refractivity contribution in [2.24, 2.45) is 0 Å². The quantitative estimate of drug-likeness (QED) is 0.137. The number of ether oxygens (including phenoxy) is 5. The van der Waals surface area contributed by atoms with Crippen molar-refractivity contribution >= 4 is 5.91 Å².